The second-order valence-electron chi connectivity index (χ2n) is 17.7. The number of carbonyl (C=O) groups is 9. The number of carbonyl (C=O) groups excluding carboxylic acids is 8. The molecule has 3 rings (SSSR count). The fraction of sp³-hybridized carbons (Fsp3) is 0.643. The number of Topliss-reactive ketones (excluding diaryl/α,β-unsaturated/α-hetero) is 1. The first-order valence-electron chi connectivity index (χ1n) is 20.9. The van der Waals surface area contributed by atoms with Gasteiger partial charge in [-0.2, -0.15) is 0 Å². The molecule has 2 fully saturated rings. The third-order valence-corrected chi connectivity index (χ3v) is 10.5. The van der Waals surface area contributed by atoms with Crippen molar-refractivity contribution in [3.63, 3.8) is 0 Å². The minimum absolute atomic E-state index is 0.0288. The molecule has 0 unspecified atom stereocenters. The number of aromatic hydroxyl groups is 1. The molecule has 20 nitrogen and oxygen atoms in total. The maximum Gasteiger partial charge on any atom is 0.305 e. The van der Waals surface area contributed by atoms with E-state index in [0.29, 0.717) is 12.0 Å². The number of ketones is 1. The summed E-state index contributed by atoms with van der Waals surface area (Å²) < 4.78 is 0. The van der Waals surface area contributed by atoms with Crippen LogP contribution in [0.4, 0.5) is 0 Å². The number of benzene rings is 1. The summed E-state index contributed by atoms with van der Waals surface area (Å²) in [5, 5.41) is 48.3. The summed E-state index contributed by atoms with van der Waals surface area (Å²) in [7, 11) is 0. The highest BCUT2D eigenvalue weighted by atomic mass is 16.4. The van der Waals surface area contributed by atoms with Crippen molar-refractivity contribution in [2.24, 2.45) is 11.8 Å². The summed E-state index contributed by atoms with van der Waals surface area (Å²) in [5.41, 5.74) is -0.218. The van der Waals surface area contributed by atoms with Crippen LogP contribution >= 0.6 is 0 Å². The largest absolute Gasteiger partial charge is 0.508 e. The normalized spacial score (nSPS) is 27.6. The van der Waals surface area contributed by atoms with Crippen LogP contribution in [0.3, 0.4) is 0 Å². The van der Waals surface area contributed by atoms with Crippen molar-refractivity contribution >= 4 is 53.1 Å². The van der Waals surface area contributed by atoms with E-state index in [-0.39, 0.29) is 37.5 Å². The van der Waals surface area contributed by atoms with Gasteiger partial charge in [-0.25, -0.2) is 0 Å². The monoisotopic (exact) mass is 872 g/mol. The van der Waals surface area contributed by atoms with Crippen LogP contribution in [0.25, 0.3) is 0 Å². The van der Waals surface area contributed by atoms with E-state index in [2.05, 4.69) is 37.2 Å². The van der Waals surface area contributed by atoms with E-state index in [0.717, 1.165) is 0 Å². The first kappa shape index (κ1) is 50.7. The number of amides is 7. The predicted octanol–water partition coefficient (Wildman–Crippen LogP) is -1.25. The molecule has 0 saturated carbocycles. The fourth-order valence-corrected chi connectivity index (χ4v) is 7.50. The standard InChI is InChI=1S/C42H64N8O12/c1-21(2)16-26-18-28(53)20-43-35(56)23(4)45-37(58)29(17-25-11-13-27(52)14-12-25)47-39(60)31-10-9-15-50(31)34(41(62)49-42(6,7)8)22(3)44-40(61)33(24(5)51)48-38(59)30(19-32(54)55)46-36(26)57/h11-14,21-24,26,29-31,33-34,51-52H,9-10,15-20H2,1-8H3,(H,43,56)(H,44,61)(H,45,58)(H,46,57)(H,47,60)(H,48,59)(H,49,62)(H,54,55)/t22-,23-,24+,26+,29-,30-,31-,33-,34-/m0/s1. The number of carboxylic acid groups (broad SMARTS) is 1. The topological polar surface area (TPSA) is 302 Å². The number of hydrogen-bond acceptors (Lipinski definition) is 12. The SMILES string of the molecule is CC(C)C[C@@H]1CC(=O)CNC(=O)[C@H](C)NC(=O)[C@H](Cc2ccc(O)cc2)NC(=O)[C@@H]2CCCN2[C@H](C(=O)NC(C)(C)C)[C@H](C)NC(=O)[C@H]([C@@H](C)O)NC(=O)[C@H](CC(=O)O)NC1=O. The van der Waals surface area contributed by atoms with Crippen LogP contribution in [0, 0.1) is 11.8 Å². The number of hydrogen-bond donors (Lipinski definition) is 10. The van der Waals surface area contributed by atoms with Crippen LogP contribution in [-0.4, -0.2) is 140 Å². The van der Waals surface area contributed by atoms with E-state index in [1.807, 2.05) is 0 Å². The maximum atomic E-state index is 14.3. The Bertz CT molecular complexity index is 1810. The van der Waals surface area contributed by atoms with Crippen LogP contribution in [0.15, 0.2) is 24.3 Å². The first-order chi connectivity index (χ1) is 28.9. The highest BCUT2D eigenvalue weighted by Gasteiger charge is 2.44. The van der Waals surface area contributed by atoms with Gasteiger partial charge in [0, 0.05) is 24.3 Å². The lowest BCUT2D eigenvalue weighted by Crippen LogP contribution is -2.65. The lowest BCUT2D eigenvalue weighted by atomic mass is 9.91. The van der Waals surface area contributed by atoms with Crippen molar-refractivity contribution in [1.29, 1.82) is 0 Å². The number of carboxylic acids is 1. The van der Waals surface area contributed by atoms with Crippen LogP contribution in [0.1, 0.15) is 93.1 Å². The summed E-state index contributed by atoms with van der Waals surface area (Å²) in [6, 6.07) is -3.35. The van der Waals surface area contributed by atoms with Gasteiger partial charge < -0.3 is 52.5 Å². The van der Waals surface area contributed by atoms with Crippen LogP contribution < -0.4 is 37.2 Å². The number of nitrogens with zero attached hydrogens (tertiary/aromatic N) is 1. The summed E-state index contributed by atoms with van der Waals surface area (Å²) >= 11 is 0. The molecule has 9 atom stereocenters. The molecule has 7 amide bonds. The summed E-state index contributed by atoms with van der Waals surface area (Å²) in [6.45, 7) is 12.5. The molecule has 0 aromatic heterocycles. The van der Waals surface area contributed by atoms with Crippen LogP contribution in [-0.2, 0) is 49.6 Å². The third-order valence-electron chi connectivity index (χ3n) is 10.5. The summed E-state index contributed by atoms with van der Waals surface area (Å²) in [6.07, 6.45) is -2.17. The van der Waals surface area contributed by atoms with E-state index >= 15 is 0 Å². The molecule has 2 heterocycles. The first-order valence-corrected chi connectivity index (χ1v) is 20.9. The zero-order valence-electron chi connectivity index (χ0n) is 36.7. The van der Waals surface area contributed by atoms with Gasteiger partial charge in [0.15, 0.2) is 5.78 Å². The number of phenols is 1. The van der Waals surface area contributed by atoms with Gasteiger partial charge in [-0.3, -0.25) is 48.1 Å². The van der Waals surface area contributed by atoms with Gasteiger partial charge >= 0.3 is 5.97 Å². The molecular weight excluding hydrogens is 809 g/mol. The Balaban J connectivity index is 2.11. The molecule has 1 aromatic carbocycles. The minimum atomic E-state index is -1.75. The quantitative estimate of drug-likeness (QED) is 0.146. The van der Waals surface area contributed by atoms with E-state index in [1.165, 1.54) is 32.9 Å². The van der Waals surface area contributed by atoms with Crippen LogP contribution in [0.5, 0.6) is 5.75 Å². The lowest BCUT2D eigenvalue weighted by molar-refractivity contribution is -0.142. The number of aliphatic hydroxyl groups excluding tert-OH is 1. The second kappa shape index (κ2) is 22.5. The van der Waals surface area contributed by atoms with Gasteiger partial charge in [-0.05, 0) is 91.0 Å². The molecule has 10 N–H and O–H groups in total. The third kappa shape index (κ3) is 15.4. The average Bonchev–Trinajstić information content (AvgIpc) is 3.63. The number of phenolic OH excluding ortho intramolecular Hbond substituents is 1. The van der Waals surface area contributed by atoms with Gasteiger partial charge in [-0.15, -0.1) is 0 Å². The van der Waals surface area contributed by atoms with Crippen molar-refractivity contribution in [3.05, 3.63) is 29.8 Å². The Kier molecular flexibility index (Phi) is 18.4. The predicted molar refractivity (Wildman–Crippen MR) is 224 cm³/mol. The van der Waals surface area contributed by atoms with E-state index in [9.17, 15) is 58.5 Å². The number of nitrogens with one attached hydrogen (secondary N) is 7. The minimum Gasteiger partial charge on any atom is -0.508 e. The number of aliphatic carboxylic acids is 1. The Morgan fingerprint density at radius 3 is 2.02 bits per heavy atom. The molecule has 0 radical (unpaired) electrons. The van der Waals surface area contributed by atoms with Gasteiger partial charge in [-0.1, -0.05) is 26.0 Å². The molecule has 20 heteroatoms. The molecule has 2 aliphatic rings. The van der Waals surface area contributed by atoms with Gasteiger partial charge in [0.25, 0.3) is 0 Å². The molecule has 1 aromatic rings. The molecule has 0 spiro atoms. The zero-order valence-corrected chi connectivity index (χ0v) is 36.7. The average molecular weight is 873 g/mol. The molecule has 0 bridgehead atoms. The Morgan fingerprint density at radius 1 is 0.823 bits per heavy atom. The Labute approximate surface area is 361 Å². The van der Waals surface area contributed by atoms with E-state index < -0.39 is 132 Å². The fourth-order valence-electron chi connectivity index (χ4n) is 7.50. The van der Waals surface area contributed by atoms with Crippen molar-refractivity contribution in [2.45, 2.75) is 148 Å². The molecule has 62 heavy (non-hydrogen) atoms. The molecular formula is C42H64N8O12. The van der Waals surface area contributed by atoms with Gasteiger partial charge in [0.1, 0.15) is 36.0 Å². The second-order valence-corrected chi connectivity index (χ2v) is 17.7. The van der Waals surface area contributed by atoms with Crippen molar-refractivity contribution in [3.8, 4) is 5.75 Å². The summed E-state index contributed by atoms with van der Waals surface area (Å²) in [5.74, 6) is -8.94. The molecule has 2 saturated heterocycles. The van der Waals surface area contributed by atoms with Crippen molar-refractivity contribution in [2.75, 3.05) is 13.1 Å². The number of aliphatic hydroxyl groups is 1. The van der Waals surface area contributed by atoms with Crippen molar-refractivity contribution in [1.82, 2.24) is 42.1 Å². The van der Waals surface area contributed by atoms with E-state index in [1.54, 1.807) is 51.7 Å². The van der Waals surface area contributed by atoms with Gasteiger partial charge in [0.2, 0.25) is 41.4 Å². The highest BCUT2D eigenvalue weighted by molar-refractivity contribution is 5.97. The highest BCUT2D eigenvalue weighted by Crippen LogP contribution is 2.24. The Hall–Kier alpha value is -5.63. The van der Waals surface area contributed by atoms with Crippen LogP contribution in [0.2, 0.25) is 0 Å². The smallest absolute Gasteiger partial charge is 0.305 e. The van der Waals surface area contributed by atoms with Crippen molar-refractivity contribution < 1.29 is 58.5 Å². The maximum absolute atomic E-state index is 14.3. The Morgan fingerprint density at radius 2 is 1.44 bits per heavy atom. The molecule has 2 aliphatic heterocycles. The lowest BCUT2D eigenvalue weighted by Gasteiger charge is -2.38. The number of fused-ring (bicyclic) bond motifs is 1. The molecule has 344 valence electrons. The zero-order chi connectivity index (χ0) is 46.6. The van der Waals surface area contributed by atoms with E-state index in [4.69, 9.17) is 0 Å². The molecule has 0 aliphatic carbocycles. The van der Waals surface area contributed by atoms with Gasteiger partial charge in [0.05, 0.1) is 31.2 Å². The number of rotatable bonds is 8. The summed E-state index contributed by atoms with van der Waals surface area (Å²) in [4.78, 5) is 123.